The molecule has 0 radical (unpaired) electrons. The smallest absolute Gasteiger partial charge is 0.330 e. The maximum atomic E-state index is 10.4. The fourth-order valence-corrected chi connectivity index (χ4v) is 1.22. The van der Waals surface area contributed by atoms with Crippen molar-refractivity contribution in [2.24, 2.45) is 5.73 Å². The van der Waals surface area contributed by atoms with E-state index >= 15 is 0 Å². The minimum absolute atomic E-state index is 0.275. The summed E-state index contributed by atoms with van der Waals surface area (Å²) in [5, 5.41) is 0. The van der Waals surface area contributed by atoms with Crippen LogP contribution in [0.3, 0.4) is 0 Å². The Morgan fingerprint density at radius 1 is 1.45 bits per heavy atom. The molecule has 0 saturated heterocycles. The van der Waals surface area contributed by atoms with Gasteiger partial charge in [-0.2, -0.15) is 0 Å². The molecule has 0 aliphatic heterocycles. The summed E-state index contributed by atoms with van der Waals surface area (Å²) < 4.78 is 14.9. The predicted octanol–water partition coefficient (Wildman–Crippen LogP) is 1.16. The Labute approximate surface area is 71.8 Å². The van der Waals surface area contributed by atoms with E-state index in [1.54, 1.807) is 0 Å². The Morgan fingerprint density at radius 2 is 2.09 bits per heavy atom. The molecule has 0 aliphatic carbocycles. The van der Waals surface area contributed by atoms with E-state index in [9.17, 15) is 4.57 Å². The average Bonchev–Trinajstić information content (AvgIpc) is 1.85. The fourth-order valence-electron chi connectivity index (χ4n) is 0.607. The molecule has 0 aromatic heterocycles. The first-order valence-electron chi connectivity index (χ1n) is 3.46. The third-order valence-corrected chi connectivity index (χ3v) is 1.97. The first-order valence-corrected chi connectivity index (χ1v) is 6.19. The average molecular weight is 199 g/mol. The van der Waals surface area contributed by atoms with Crippen LogP contribution in [0.15, 0.2) is 0 Å². The van der Waals surface area contributed by atoms with Crippen molar-refractivity contribution >= 4 is 19.0 Å². The molecule has 3 N–H and O–H groups in total. The maximum absolute atomic E-state index is 10.4. The number of unbranched alkanes of at least 4 members (excludes halogenated alkanes) is 2. The van der Waals surface area contributed by atoms with Crippen LogP contribution in [0.2, 0.25) is 0 Å². The molecule has 0 heterocycles. The molecule has 68 valence electrons. The van der Waals surface area contributed by atoms with Crippen LogP contribution >= 0.6 is 19.0 Å². The predicted molar refractivity (Wildman–Crippen MR) is 47.7 cm³/mol. The summed E-state index contributed by atoms with van der Waals surface area (Å²) in [5.74, 6) is 0. The van der Waals surface area contributed by atoms with Gasteiger partial charge in [-0.3, -0.25) is 0 Å². The molecule has 0 amide bonds. The molecule has 1 unspecified atom stereocenters. The van der Waals surface area contributed by atoms with Crippen LogP contribution in [0.1, 0.15) is 19.3 Å². The first-order chi connectivity index (χ1) is 5.06. The van der Waals surface area contributed by atoms with E-state index < -0.39 is 6.80 Å². The van der Waals surface area contributed by atoms with Crippen LogP contribution in [0.4, 0.5) is 0 Å². The summed E-state index contributed by atoms with van der Waals surface area (Å²) in [6, 6.07) is 0. The van der Waals surface area contributed by atoms with Crippen LogP contribution in [-0.2, 0) is 9.09 Å². The normalized spacial score (nSPS) is 16.3. The number of hydrogen-bond donors (Lipinski definition) is 3. The van der Waals surface area contributed by atoms with Gasteiger partial charge in [-0.15, -0.1) is 0 Å². The number of hydrogen-bond acceptors (Lipinski definition) is 3. The summed E-state index contributed by atoms with van der Waals surface area (Å²) in [5.41, 5.74) is 5.24. The van der Waals surface area contributed by atoms with Gasteiger partial charge in [0.2, 0.25) is 0 Å². The van der Waals surface area contributed by atoms with E-state index in [4.69, 9.17) is 10.6 Å². The standard InChI is InChI=1S/C5H14NO3PS/c6-4-2-1-3-5-9-10(7,8)11/h1-6H2,(H2,7,8,11). The molecular weight excluding hydrogens is 185 g/mol. The van der Waals surface area contributed by atoms with Gasteiger partial charge >= 0.3 is 6.80 Å². The first kappa shape index (κ1) is 11.5. The molecule has 0 bridgehead atoms. The Bertz CT molecular complexity index is 138. The van der Waals surface area contributed by atoms with Crippen molar-refractivity contribution < 1.29 is 14.0 Å². The molecule has 1 atom stereocenters. The van der Waals surface area contributed by atoms with E-state index in [1.165, 1.54) is 0 Å². The highest BCUT2D eigenvalue weighted by Gasteiger charge is 2.09. The molecule has 6 heteroatoms. The van der Waals surface area contributed by atoms with Gasteiger partial charge in [-0.1, -0.05) is 12.2 Å². The van der Waals surface area contributed by atoms with Crippen molar-refractivity contribution in [2.75, 3.05) is 13.2 Å². The van der Waals surface area contributed by atoms with Crippen molar-refractivity contribution in [3.63, 3.8) is 0 Å². The van der Waals surface area contributed by atoms with Crippen LogP contribution in [0, 0.1) is 0 Å². The summed E-state index contributed by atoms with van der Waals surface area (Å²) in [6.45, 7) is -2.63. The monoisotopic (exact) mass is 199 g/mol. The molecule has 0 aromatic rings. The van der Waals surface area contributed by atoms with Gasteiger partial charge in [0, 0.05) is 0 Å². The second-order valence-corrected chi connectivity index (χ2v) is 4.93. The topological polar surface area (TPSA) is 72.5 Å². The molecule has 0 rings (SSSR count). The van der Waals surface area contributed by atoms with Crippen LogP contribution in [-0.4, -0.2) is 18.0 Å². The van der Waals surface area contributed by atoms with E-state index in [0.717, 1.165) is 19.3 Å². The molecule has 4 nitrogen and oxygen atoms in total. The van der Waals surface area contributed by atoms with Crippen molar-refractivity contribution in [3.8, 4) is 0 Å². The van der Waals surface area contributed by atoms with Gasteiger partial charge in [-0.25, -0.2) is 4.57 Å². The highest BCUT2D eigenvalue weighted by atomic mass is 32.7. The van der Waals surface area contributed by atoms with E-state index in [1.807, 2.05) is 0 Å². The third kappa shape index (κ3) is 10.5. The van der Waals surface area contributed by atoms with E-state index in [2.05, 4.69) is 16.8 Å². The van der Waals surface area contributed by atoms with Gasteiger partial charge in [0.05, 0.1) is 6.61 Å². The van der Waals surface area contributed by atoms with E-state index in [-0.39, 0.29) is 6.61 Å². The summed E-state index contributed by atoms with van der Waals surface area (Å²) in [6.07, 6.45) is 2.60. The minimum Gasteiger partial charge on any atom is -0.330 e. The second kappa shape index (κ2) is 6.03. The highest BCUT2D eigenvalue weighted by Crippen LogP contribution is 2.46. The molecule has 0 fully saturated rings. The van der Waals surface area contributed by atoms with Gasteiger partial charge in [0.15, 0.2) is 0 Å². The lowest BCUT2D eigenvalue weighted by atomic mass is 10.2. The lowest BCUT2D eigenvalue weighted by Crippen LogP contribution is -1.99. The van der Waals surface area contributed by atoms with E-state index in [0.29, 0.717) is 6.54 Å². The number of nitrogens with two attached hydrogens (primary N) is 1. The molecule has 0 saturated carbocycles. The summed E-state index contributed by atoms with van der Waals surface area (Å²) in [7, 11) is 0. The maximum Gasteiger partial charge on any atom is 0.383 e. The quantitative estimate of drug-likeness (QED) is 0.341. The molecular formula is C5H14NO3PS. The van der Waals surface area contributed by atoms with Gasteiger partial charge in [0.1, 0.15) is 0 Å². The molecule has 11 heavy (non-hydrogen) atoms. The van der Waals surface area contributed by atoms with Crippen molar-refractivity contribution in [1.82, 2.24) is 0 Å². The summed E-state index contributed by atoms with van der Waals surface area (Å²) in [4.78, 5) is 8.55. The van der Waals surface area contributed by atoms with Gasteiger partial charge < -0.3 is 15.2 Å². The molecule has 0 aliphatic rings. The fraction of sp³-hybridized carbons (Fsp3) is 1.00. The molecule has 0 aromatic carbocycles. The molecule has 0 spiro atoms. The van der Waals surface area contributed by atoms with Crippen molar-refractivity contribution in [1.29, 1.82) is 0 Å². The Hall–Kier alpha value is 0.460. The third-order valence-electron chi connectivity index (χ3n) is 1.11. The summed E-state index contributed by atoms with van der Waals surface area (Å²) >= 11 is 3.34. The largest absolute Gasteiger partial charge is 0.383 e. The second-order valence-electron chi connectivity index (χ2n) is 2.17. The number of thiol groups is 1. The van der Waals surface area contributed by atoms with Crippen molar-refractivity contribution in [2.45, 2.75) is 19.3 Å². The highest BCUT2D eigenvalue weighted by molar-refractivity contribution is 8.44. The Kier molecular flexibility index (Phi) is 6.28. The SMILES string of the molecule is NCCCCCOP(=O)(O)S. The Morgan fingerprint density at radius 3 is 2.55 bits per heavy atom. The van der Waals surface area contributed by atoms with Gasteiger partial charge in [0.25, 0.3) is 0 Å². The van der Waals surface area contributed by atoms with Gasteiger partial charge in [-0.05, 0) is 25.8 Å². The van der Waals surface area contributed by atoms with Crippen LogP contribution in [0.5, 0.6) is 0 Å². The van der Waals surface area contributed by atoms with Crippen molar-refractivity contribution in [3.05, 3.63) is 0 Å². The minimum atomic E-state index is -3.55. The zero-order chi connectivity index (χ0) is 8.74. The number of rotatable bonds is 6. The zero-order valence-electron chi connectivity index (χ0n) is 6.27. The Balaban J connectivity index is 3.09. The zero-order valence-corrected chi connectivity index (χ0v) is 8.06. The lowest BCUT2D eigenvalue weighted by molar-refractivity contribution is 0.269. The lowest BCUT2D eigenvalue weighted by Gasteiger charge is -2.04. The van der Waals surface area contributed by atoms with Crippen LogP contribution in [0.25, 0.3) is 0 Å². The van der Waals surface area contributed by atoms with Crippen LogP contribution < -0.4 is 5.73 Å².